The number of benzene rings is 1. The van der Waals surface area contributed by atoms with Gasteiger partial charge in [0.1, 0.15) is 0 Å². The highest BCUT2D eigenvalue weighted by molar-refractivity contribution is 14.1. The molecule has 0 aromatic heterocycles. The van der Waals surface area contributed by atoms with E-state index in [1.165, 1.54) is 7.11 Å². The molecule has 1 rings (SSSR count). The minimum atomic E-state index is -0.281. The van der Waals surface area contributed by atoms with Gasteiger partial charge in [-0.3, -0.25) is 4.79 Å². The van der Waals surface area contributed by atoms with Gasteiger partial charge in [-0.15, -0.1) is 0 Å². The lowest BCUT2D eigenvalue weighted by atomic mass is 10.1. The first kappa shape index (κ1) is 11.5. The van der Waals surface area contributed by atoms with Gasteiger partial charge in [-0.2, -0.15) is 0 Å². The molecule has 0 heterocycles. The lowest BCUT2D eigenvalue weighted by Crippen LogP contribution is -2.16. The topological polar surface area (TPSA) is 52.3 Å². The van der Waals surface area contributed by atoms with Crippen molar-refractivity contribution >= 4 is 28.6 Å². The molecule has 2 N–H and O–H groups in total. The average molecular weight is 305 g/mol. The van der Waals surface area contributed by atoms with Gasteiger partial charge in [0.25, 0.3) is 0 Å². The molecule has 0 saturated heterocycles. The summed E-state index contributed by atoms with van der Waals surface area (Å²) in [5.74, 6) is -0.281. The van der Waals surface area contributed by atoms with Crippen molar-refractivity contribution in [3.63, 3.8) is 0 Å². The molecule has 0 spiro atoms. The number of esters is 1. The summed E-state index contributed by atoms with van der Waals surface area (Å²) in [6.45, 7) is 0. The molecule has 0 fully saturated rings. The number of nitrogens with two attached hydrogens (primary N) is 1. The molecule has 14 heavy (non-hydrogen) atoms. The minimum Gasteiger partial charge on any atom is -0.469 e. The second-order valence-electron chi connectivity index (χ2n) is 2.94. The van der Waals surface area contributed by atoms with Gasteiger partial charge >= 0.3 is 5.97 Å². The molecule has 3 nitrogen and oxygen atoms in total. The van der Waals surface area contributed by atoms with Crippen LogP contribution in [0, 0.1) is 3.57 Å². The predicted octanol–water partition coefficient (Wildman–Crippen LogP) is 1.85. The average Bonchev–Trinajstić information content (AvgIpc) is 2.18. The van der Waals surface area contributed by atoms with E-state index in [2.05, 4.69) is 27.3 Å². The summed E-state index contributed by atoms with van der Waals surface area (Å²) in [5, 5.41) is 0. The van der Waals surface area contributed by atoms with E-state index in [0.29, 0.717) is 0 Å². The zero-order chi connectivity index (χ0) is 10.6. The number of methoxy groups -OCH3 is 1. The van der Waals surface area contributed by atoms with Gasteiger partial charge in [0, 0.05) is 9.61 Å². The molecule has 0 bridgehead atoms. The number of hydrogen-bond donors (Lipinski definition) is 1. The fraction of sp³-hybridized carbons (Fsp3) is 0.300. The summed E-state index contributed by atoms with van der Waals surface area (Å²) >= 11 is 2.22. The number of carbonyl (C=O) groups is 1. The second kappa shape index (κ2) is 5.31. The Kier molecular flexibility index (Phi) is 4.34. The molecule has 0 radical (unpaired) electrons. The van der Waals surface area contributed by atoms with Crippen LogP contribution in [0.4, 0.5) is 0 Å². The smallest absolute Gasteiger partial charge is 0.307 e. The number of hydrogen-bond acceptors (Lipinski definition) is 3. The molecule has 1 atom stereocenters. The van der Waals surface area contributed by atoms with Gasteiger partial charge in [0.2, 0.25) is 0 Å². The van der Waals surface area contributed by atoms with Gasteiger partial charge in [-0.25, -0.2) is 0 Å². The van der Waals surface area contributed by atoms with E-state index in [-0.39, 0.29) is 18.4 Å². The first-order valence-electron chi connectivity index (χ1n) is 4.21. The first-order valence-corrected chi connectivity index (χ1v) is 5.29. The Labute approximate surface area is 96.8 Å². The van der Waals surface area contributed by atoms with Gasteiger partial charge in [0.05, 0.1) is 13.5 Å². The van der Waals surface area contributed by atoms with Crippen LogP contribution in [0.1, 0.15) is 18.0 Å². The molecular formula is C10H12INO2. The Hall–Kier alpha value is -0.620. The van der Waals surface area contributed by atoms with E-state index in [1.807, 2.05) is 24.3 Å². The van der Waals surface area contributed by atoms with Crippen LogP contribution in [-0.4, -0.2) is 13.1 Å². The van der Waals surface area contributed by atoms with E-state index in [1.54, 1.807) is 0 Å². The van der Waals surface area contributed by atoms with Crippen LogP contribution in [-0.2, 0) is 9.53 Å². The summed E-state index contributed by atoms with van der Waals surface area (Å²) < 4.78 is 5.70. The monoisotopic (exact) mass is 305 g/mol. The molecule has 0 aliphatic carbocycles. The summed E-state index contributed by atoms with van der Waals surface area (Å²) in [5.41, 5.74) is 6.77. The SMILES string of the molecule is COC(=O)CC(N)c1ccc(I)cc1. The summed E-state index contributed by atoms with van der Waals surface area (Å²) in [7, 11) is 1.36. The fourth-order valence-electron chi connectivity index (χ4n) is 1.09. The second-order valence-corrected chi connectivity index (χ2v) is 4.18. The maximum Gasteiger partial charge on any atom is 0.307 e. The predicted molar refractivity (Wildman–Crippen MR) is 62.7 cm³/mol. The first-order chi connectivity index (χ1) is 6.63. The van der Waals surface area contributed by atoms with Crippen LogP contribution in [0.2, 0.25) is 0 Å². The molecule has 0 aliphatic rings. The highest BCUT2D eigenvalue weighted by atomic mass is 127. The van der Waals surface area contributed by atoms with Crippen LogP contribution in [0.3, 0.4) is 0 Å². The Morgan fingerprint density at radius 1 is 1.50 bits per heavy atom. The van der Waals surface area contributed by atoms with Crippen molar-refractivity contribution < 1.29 is 9.53 Å². The normalized spacial score (nSPS) is 12.2. The van der Waals surface area contributed by atoms with Crippen molar-refractivity contribution in [3.05, 3.63) is 33.4 Å². The highest BCUT2D eigenvalue weighted by Crippen LogP contribution is 2.15. The fourth-order valence-corrected chi connectivity index (χ4v) is 1.45. The van der Waals surface area contributed by atoms with Crippen molar-refractivity contribution in [2.24, 2.45) is 5.73 Å². The summed E-state index contributed by atoms with van der Waals surface area (Å²) in [6.07, 6.45) is 0.219. The van der Waals surface area contributed by atoms with Gasteiger partial charge in [-0.05, 0) is 40.3 Å². The lowest BCUT2D eigenvalue weighted by Gasteiger charge is -2.10. The number of carbonyl (C=O) groups excluding carboxylic acids is 1. The quantitative estimate of drug-likeness (QED) is 0.685. The van der Waals surface area contributed by atoms with Crippen LogP contribution in [0.25, 0.3) is 0 Å². The third-order valence-corrected chi connectivity index (χ3v) is 2.63. The third-order valence-electron chi connectivity index (χ3n) is 1.91. The van der Waals surface area contributed by atoms with Crippen molar-refractivity contribution in [3.8, 4) is 0 Å². The Balaban J connectivity index is 2.65. The maximum absolute atomic E-state index is 11.0. The van der Waals surface area contributed by atoms with Gasteiger partial charge < -0.3 is 10.5 Å². The summed E-state index contributed by atoms with van der Waals surface area (Å²) in [6, 6.07) is 7.50. The molecule has 4 heteroatoms. The molecule has 0 amide bonds. The van der Waals surface area contributed by atoms with Crippen LogP contribution < -0.4 is 5.73 Å². The number of halogens is 1. The van der Waals surface area contributed by atoms with E-state index < -0.39 is 0 Å². The summed E-state index contributed by atoms with van der Waals surface area (Å²) in [4.78, 5) is 11.0. The van der Waals surface area contributed by atoms with E-state index in [9.17, 15) is 4.79 Å². The van der Waals surface area contributed by atoms with Crippen molar-refractivity contribution in [1.29, 1.82) is 0 Å². The van der Waals surface area contributed by atoms with Crippen LogP contribution in [0.15, 0.2) is 24.3 Å². The van der Waals surface area contributed by atoms with Crippen molar-refractivity contribution in [2.45, 2.75) is 12.5 Å². The van der Waals surface area contributed by atoms with Crippen LogP contribution in [0.5, 0.6) is 0 Å². The Bertz CT molecular complexity index is 310. The van der Waals surface area contributed by atoms with E-state index >= 15 is 0 Å². The van der Waals surface area contributed by atoms with E-state index in [0.717, 1.165) is 9.13 Å². The standard InChI is InChI=1S/C10H12INO2/c1-14-10(13)6-9(12)7-2-4-8(11)5-3-7/h2-5,9H,6,12H2,1H3. The zero-order valence-electron chi connectivity index (χ0n) is 7.87. The Morgan fingerprint density at radius 3 is 2.57 bits per heavy atom. The van der Waals surface area contributed by atoms with Crippen LogP contribution >= 0.6 is 22.6 Å². The third kappa shape index (κ3) is 3.26. The molecule has 0 aliphatic heterocycles. The molecular weight excluding hydrogens is 293 g/mol. The lowest BCUT2D eigenvalue weighted by molar-refractivity contribution is -0.141. The molecule has 1 aromatic rings. The number of rotatable bonds is 3. The van der Waals surface area contributed by atoms with E-state index in [4.69, 9.17) is 5.73 Å². The highest BCUT2D eigenvalue weighted by Gasteiger charge is 2.11. The maximum atomic E-state index is 11.0. The largest absolute Gasteiger partial charge is 0.469 e. The number of ether oxygens (including phenoxy) is 1. The molecule has 76 valence electrons. The van der Waals surface area contributed by atoms with Gasteiger partial charge in [0.15, 0.2) is 0 Å². The van der Waals surface area contributed by atoms with Crippen molar-refractivity contribution in [2.75, 3.05) is 7.11 Å². The molecule has 1 aromatic carbocycles. The minimum absolute atomic E-state index is 0.219. The van der Waals surface area contributed by atoms with Crippen molar-refractivity contribution in [1.82, 2.24) is 0 Å². The Morgan fingerprint density at radius 2 is 2.07 bits per heavy atom. The zero-order valence-corrected chi connectivity index (χ0v) is 10.0. The molecule has 1 unspecified atom stereocenters. The van der Waals surface area contributed by atoms with Gasteiger partial charge in [-0.1, -0.05) is 12.1 Å². The molecule has 0 saturated carbocycles.